The zero-order chi connectivity index (χ0) is 9.03. The minimum Gasteiger partial charge on any atom is -0.385 e. The number of hydrogen-bond donors (Lipinski definition) is 1. The molecule has 0 aromatic rings. The third-order valence-corrected chi connectivity index (χ3v) is 3.46. The molecule has 0 amide bonds. The maximum Gasteiger partial charge on any atom is 0.0864 e. The van der Waals surface area contributed by atoms with Crippen molar-refractivity contribution >= 4 is 22.6 Å². The topological polar surface area (TPSA) is 20.2 Å². The van der Waals surface area contributed by atoms with Crippen molar-refractivity contribution in [1.29, 1.82) is 0 Å². The summed E-state index contributed by atoms with van der Waals surface area (Å²) in [4.78, 5) is 0. The van der Waals surface area contributed by atoms with Gasteiger partial charge >= 0.3 is 0 Å². The van der Waals surface area contributed by atoms with Crippen molar-refractivity contribution < 1.29 is 5.11 Å². The summed E-state index contributed by atoms with van der Waals surface area (Å²) in [5, 5.41) is 10.2. The second kappa shape index (κ2) is 4.61. The van der Waals surface area contributed by atoms with Crippen LogP contribution in [0.1, 0.15) is 45.4 Å². The predicted molar refractivity (Wildman–Crippen MR) is 60.4 cm³/mol. The van der Waals surface area contributed by atoms with Crippen molar-refractivity contribution in [3.63, 3.8) is 0 Å². The molecule has 1 N–H and O–H groups in total. The van der Waals surface area contributed by atoms with E-state index in [1.54, 1.807) is 0 Å². The van der Waals surface area contributed by atoms with E-state index in [1.165, 1.54) is 12.0 Å². The van der Waals surface area contributed by atoms with Gasteiger partial charge in [-0.2, -0.15) is 0 Å². The largest absolute Gasteiger partial charge is 0.385 e. The summed E-state index contributed by atoms with van der Waals surface area (Å²) in [7, 11) is 0. The molecule has 0 spiro atoms. The lowest BCUT2D eigenvalue weighted by Crippen LogP contribution is -2.25. The minimum atomic E-state index is -0.433. The number of halogens is 1. The quantitative estimate of drug-likeness (QED) is 0.785. The van der Waals surface area contributed by atoms with Gasteiger partial charge in [0.1, 0.15) is 0 Å². The molecule has 0 aromatic carbocycles. The molecule has 1 aliphatic carbocycles. The first-order valence-electron chi connectivity index (χ1n) is 4.75. The van der Waals surface area contributed by atoms with Crippen molar-refractivity contribution in [2.24, 2.45) is 0 Å². The number of rotatable bonds is 3. The van der Waals surface area contributed by atoms with E-state index >= 15 is 0 Å². The molecule has 1 nitrogen and oxygen atoms in total. The first kappa shape index (κ1) is 10.5. The Kier molecular flexibility index (Phi) is 4.03. The van der Waals surface area contributed by atoms with Gasteiger partial charge in [-0.1, -0.05) is 42.4 Å². The Labute approximate surface area is 88.4 Å². The third-order valence-electron chi connectivity index (χ3n) is 2.71. The highest BCUT2D eigenvalue weighted by molar-refractivity contribution is 14.1. The molecule has 0 bridgehead atoms. The first-order chi connectivity index (χ1) is 5.73. The van der Waals surface area contributed by atoms with Gasteiger partial charge in [0, 0.05) is 0 Å². The lowest BCUT2D eigenvalue weighted by Gasteiger charge is -2.23. The van der Waals surface area contributed by atoms with Crippen LogP contribution in [0.3, 0.4) is 0 Å². The Morgan fingerprint density at radius 3 is 3.00 bits per heavy atom. The second-order valence-electron chi connectivity index (χ2n) is 3.62. The van der Waals surface area contributed by atoms with Gasteiger partial charge in [-0.05, 0) is 35.3 Å². The Morgan fingerprint density at radius 2 is 2.42 bits per heavy atom. The number of unbranched alkanes of at least 4 members (excludes halogenated alkanes) is 1. The Bertz CT molecular complexity index is 177. The molecule has 70 valence electrons. The van der Waals surface area contributed by atoms with Crippen LogP contribution in [0.5, 0.6) is 0 Å². The summed E-state index contributed by atoms with van der Waals surface area (Å²) in [5.41, 5.74) is 0.827. The third kappa shape index (κ3) is 2.22. The highest BCUT2D eigenvalue weighted by Gasteiger charge is 2.34. The zero-order valence-electron chi connectivity index (χ0n) is 7.65. The summed E-state index contributed by atoms with van der Waals surface area (Å²) in [6, 6.07) is 0. The van der Waals surface area contributed by atoms with Crippen LogP contribution in [0.25, 0.3) is 0 Å². The van der Waals surface area contributed by atoms with Crippen molar-refractivity contribution in [2.45, 2.75) is 51.0 Å². The summed E-state index contributed by atoms with van der Waals surface area (Å²) >= 11 is 2.24. The maximum absolute atomic E-state index is 10.2. The normalized spacial score (nSPS) is 33.1. The van der Waals surface area contributed by atoms with Crippen LogP contribution in [-0.2, 0) is 0 Å². The summed E-state index contributed by atoms with van der Waals surface area (Å²) in [6.45, 7) is 2.17. The predicted octanol–water partition coefficient (Wildman–Crippen LogP) is 3.41. The van der Waals surface area contributed by atoms with E-state index < -0.39 is 5.60 Å². The summed E-state index contributed by atoms with van der Waals surface area (Å²) in [6.07, 6.45) is 6.51. The van der Waals surface area contributed by atoms with E-state index in [1.807, 2.05) is 0 Å². The molecular formula is C10H17IO. The van der Waals surface area contributed by atoms with Crippen LogP contribution in [0.2, 0.25) is 0 Å². The van der Waals surface area contributed by atoms with Gasteiger partial charge in [-0.3, -0.25) is 0 Å². The van der Waals surface area contributed by atoms with Gasteiger partial charge < -0.3 is 5.11 Å². The van der Waals surface area contributed by atoms with Crippen LogP contribution in [-0.4, -0.2) is 10.7 Å². The van der Waals surface area contributed by atoms with Crippen molar-refractivity contribution in [2.75, 3.05) is 0 Å². The average Bonchev–Trinajstić information content (AvgIpc) is 2.44. The monoisotopic (exact) mass is 280 g/mol. The van der Waals surface area contributed by atoms with Gasteiger partial charge in [0.15, 0.2) is 0 Å². The van der Waals surface area contributed by atoms with E-state index in [-0.39, 0.29) is 0 Å². The molecule has 0 saturated heterocycles. The van der Waals surface area contributed by atoms with Crippen LogP contribution in [0.15, 0.2) is 9.66 Å². The van der Waals surface area contributed by atoms with Gasteiger partial charge in [-0.25, -0.2) is 0 Å². The fourth-order valence-corrected chi connectivity index (χ4v) is 2.77. The molecule has 12 heavy (non-hydrogen) atoms. The van der Waals surface area contributed by atoms with Gasteiger partial charge in [0.25, 0.3) is 0 Å². The molecule has 0 aromatic heterocycles. The van der Waals surface area contributed by atoms with Crippen LogP contribution < -0.4 is 0 Å². The maximum atomic E-state index is 10.2. The molecule has 1 fully saturated rings. The lowest BCUT2D eigenvalue weighted by atomic mass is 9.92. The summed E-state index contributed by atoms with van der Waals surface area (Å²) < 4.78 is 2.07. The zero-order valence-corrected chi connectivity index (χ0v) is 9.80. The molecule has 0 heterocycles. The van der Waals surface area contributed by atoms with Crippen molar-refractivity contribution in [3.8, 4) is 0 Å². The SMILES string of the molecule is CCCCC1(O)CCC/C1=C\I. The fourth-order valence-electron chi connectivity index (χ4n) is 1.88. The summed E-state index contributed by atoms with van der Waals surface area (Å²) in [5.74, 6) is 0. The van der Waals surface area contributed by atoms with Gasteiger partial charge in [-0.15, -0.1) is 0 Å². The Morgan fingerprint density at radius 1 is 1.67 bits per heavy atom. The van der Waals surface area contributed by atoms with Crippen LogP contribution in [0.4, 0.5) is 0 Å². The van der Waals surface area contributed by atoms with E-state index in [4.69, 9.17) is 0 Å². The smallest absolute Gasteiger partial charge is 0.0864 e. The molecule has 1 saturated carbocycles. The highest BCUT2D eigenvalue weighted by Crippen LogP contribution is 2.39. The molecule has 0 aliphatic heterocycles. The molecule has 1 rings (SSSR count). The standard InChI is InChI=1S/C10H17IO/c1-2-3-6-10(12)7-4-5-9(10)8-11/h8,12H,2-7H2,1H3/b9-8+. The van der Waals surface area contributed by atoms with Crippen molar-refractivity contribution in [1.82, 2.24) is 0 Å². The van der Waals surface area contributed by atoms with E-state index in [0.717, 1.165) is 32.1 Å². The van der Waals surface area contributed by atoms with Crippen LogP contribution >= 0.6 is 22.6 Å². The minimum absolute atomic E-state index is 0.433. The van der Waals surface area contributed by atoms with E-state index in [9.17, 15) is 5.11 Å². The van der Waals surface area contributed by atoms with Gasteiger partial charge in [0.2, 0.25) is 0 Å². The van der Waals surface area contributed by atoms with Crippen LogP contribution in [0, 0.1) is 0 Å². The van der Waals surface area contributed by atoms with E-state index in [2.05, 4.69) is 33.6 Å². The Balaban J connectivity index is 2.56. The number of hydrogen-bond acceptors (Lipinski definition) is 1. The molecule has 0 radical (unpaired) electrons. The highest BCUT2D eigenvalue weighted by atomic mass is 127. The lowest BCUT2D eigenvalue weighted by molar-refractivity contribution is 0.0735. The molecule has 1 unspecified atom stereocenters. The van der Waals surface area contributed by atoms with Crippen molar-refractivity contribution in [3.05, 3.63) is 9.66 Å². The van der Waals surface area contributed by atoms with Gasteiger partial charge in [0.05, 0.1) is 5.60 Å². The molecule has 1 atom stereocenters. The number of aliphatic hydroxyl groups is 1. The molecule has 1 aliphatic rings. The molecular weight excluding hydrogens is 263 g/mol. The average molecular weight is 280 g/mol. The second-order valence-corrected chi connectivity index (χ2v) is 4.25. The molecule has 2 heteroatoms. The first-order valence-corrected chi connectivity index (χ1v) is 5.99. The fraction of sp³-hybridized carbons (Fsp3) is 0.800. The Hall–Kier alpha value is 0.430. The van der Waals surface area contributed by atoms with E-state index in [0.29, 0.717) is 0 Å².